The summed E-state index contributed by atoms with van der Waals surface area (Å²) < 4.78 is 7.18. The Morgan fingerprint density at radius 1 is 1.47 bits per heavy atom. The van der Waals surface area contributed by atoms with Crippen LogP contribution in [0.3, 0.4) is 0 Å². The molecule has 0 saturated carbocycles. The van der Waals surface area contributed by atoms with Crippen molar-refractivity contribution in [3.63, 3.8) is 0 Å². The molecule has 0 amide bonds. The maximum absolute atomic E-state index is 10.9. The molecule has 7 heteroatoms. The molecular weight excluding hydrogens is 290 g/mol. The average Bonchev–Trinajstić information content (AvgIpc) is 2.60. The van der Waals surface area contributed by atoms with Gasteiger partial charge in [-0.25, -0.2) is 4.68 Å². The number of ether oxygens (including phenoxy) is 1. The fourth-order valence-electron chi connectivity index (χ4n) is 1.77. The summed E-state index contributed by atoms with van der Waals surface area (Å²) in [6.45, 7) is 0.470. The summed E-state index contributed by atoms with van der Waals surface area (Å²) in [6.07, 6.45) is 0. The second-order valence-electron chi connectivity index (χ2n) is 3.57. The van der Waals surface area contributed by atoms with Gasteiger partial charge in [0, 0.05) is 5.56 Å². The lowest BCUT2D eigenvalue weighted by Crippen LogP contribution is -2.10. The molecule has 0 aliphatic carbocycles. The van der Waals surface area contributed by atoms with Crippen LogP contribution in [0, 0.1) is 10.1 Å². The van der Waals surface area contributed by atoms with Gasteiger partial charge in [-0.15, -0.1) is 0 Å². The van der Waals surface area contributed by atoms with Crippen LogP contribution in [0.15, 0.2) is 28.9 Å². The summed E-state index contributed by atoms with van der Waals surface area (Å²) in [4.78, 5) is 10.4. The highest BCUT2D eigenvalue weighted by atomic mass is 79.9. The van der Waals surface area contributed by atoms with Gasteiger partial charge in [0.05, 0.1) is 11.5 Å². The lowest BCUT2D eigenvalue weighted by Gasteiger charge is -2.16. The van der Waals surface area contributed by atoms with Crippen molar-refractivity contribution >= 4 is 21.6 Å². The van der Waals surface area contributed by atoms with Crippen LogP contribution in [0.2, 0.25) is 0 Å². The molecule has 0 fully saturated rings. The fourth-order valence-corrected chi connectivity index (χ4v) is 2.28. The molecule has 0 saturated heterocycles. The molecule has 2 heterocycles. The predicted octanol–water partition coefficient (Wildman–Crippen LogP) is 2.71. The number of nitro groups is 1. The lowest BCUT2D eigenvalue weighted by molar-refractivity contribution is -0.386. The van der Waals surface area contributed by atoms with E-state index in [4.69, 9.17) is 4.74 Å². The molecule has 0 unspecified atom stereocenters. The average molecular weight is 296 g/mol. The van der Waals surface area contributed by atoms with Crippen molar-refractivity contribution in [1.29, 1.82) is 0 Å². The maximum atomic E-state index is 10.9. The van der Waals surface area contributed by atoms with E-state index in [1.165, 1.54) is 4.68 Å². The Labute approximate surface area is 104 Å². The highest BCUT2D eigenvalue weighted by Gasteiger charge is 2.31. The molecule has 0 spiro atoms. The van der Waals surface area contributed by atoms with Gasteiger partial charge in [-0.2, -0.15) is 5.10 Å². The third kappa shape index (κ3) is 1.50. The zero-order valence-corrected chi connectivity index (χ0v) is 10.0. The molecule has 17 heavy (non-hydrogen) atoms. The molecule has 86 valence electrons. The third-order valence-corrected chi connectivity index (χ3v) is 3.06. The summed E-state index contributed by atoms with van der Waals surface area (Å²) in [5, 5.41) is 14.9. The van der Waals surface area contributed by atoms with Crippen molar-refractivity contribution in [3.8, 4) is 11.6 Å². The first-order chi connectivity index (χ1) is 8.16. The number of para-hydroxylation sites is 1. The summed E-state index contributed by atoms with van der Waals surface area (Å²) >= 11 is 3.07. The highest BCUT2D eigenvalue weighted by molar-refractivity contribution is 9.10. The smallest absolute Gasteiger partial charge is 0.365 e. The van der Waals surface area contributed by atoms with Crippen LogP contribution < -0.4 is 4.74 Å². The molecule has 1 aliphatic heterocycles. The quantitative estimate of drug-likeness (QED) is 0.511. The first-order valence-corrected chi connectivity index (χ1v) is 5.62. The van der Waals surface area contributed by atoms with Gasteiger partial charge in [-0.05, 0) is 22.0 Å². The van der Waals surface area contributed by atoms with Crippen molar-refractivity contribution in [1.82, 2.24) is 9.78 Å². The van der Waals surface area contributed by atoms with E-state index in [0.29, 0.717) is 12.3 Å². The molecule has 2 aromatic rings. The van der Waals surface area contributed by atoms with Crippen molar-refractivity contribution in [3.05, 3.63) is 44.5 Å². The van der Waals surface area contributed by atoms with Crippen LogP contribution in [0.4, 0.5) is 5.69 Å². The van der Waals surface area contributed by atoms with E-state index in [9.17, 15) is 10.1 Å². The number of benzene rings is 1. The number of halogens is 1. The predicted molar refractivity (Wildman–Crippen MR) is 62.2 cm³/mol. The van der Waals surface area contributed by atoms with E-state index in [2.05, 4.69) is 21.0 Å². The monoisotopic (exact) mass is 295 g/mol. The van der Waals surface area contributed by atoms with Gasteiger partial charge >= 0.3 is 5.69 Å². The summed E-state index contributed by atoms with van der Waals surface area (Å²) in [5.41, 5.74) is 0.810. The van der Waals surface area contributed by atoms with E-state index in [-0.39, 0.29) is 16.2 Å². The zero-order valence-electron chi connectivity index (χ0n) is 8.46. The Kier molecular flexibility index (Phi) is 2.15. The van der Waals surface area contributed by atoms with Gasteiger partial charge < -0.3 is 4.74 Å². The highest BCUT2D eigenvalue weighted by Crippen LogP contribution is 2.41. The number of nitrogens with zero attached hydrogens (tertiary/aromatic N) is 3. The number of hydrogen-bond acceptors (Lipinski definition) is 4. The second kappa shape index (κ2) is 3.56. The van der Waals surface area contributed by atoms with Gasteiger partial charge in [0.25, 0.3) is 5.88 Å². The van der Waals surface area contributed by atoms with Crippen LogP contribution in [-0.4, -0.2) is 14.7 Å². The van der Waals surface area contributed by atoms with Crippen molar-refractivity contribution in [2.75, 3.05) is 0 Å². The van der Waals surface area contributed by atoms with Crippen LogP contribution >= 0.6 is 15.9 Å². The number of hydrogen-bond donors (Lipinski definition) is 0. The van der Waals surface area contributed by atoms with Gasteiger partial charge in [-0.1, -0.05) is 18.2 Å². The van der Waals surface area contributed by atoms with Gasteiger partial charge in [-0.3, -0.25) is 10.1 Å². The number of aromatic nitrogens is 2. The Bertz CT molecular complexity index is 623. The van der Waals surface area contributed by atoms with E-state index in [1.807, 2.05) is 18.2 Å². The molecule has 3 rings (SSSR count). The maximum Gasteiger partial charge on any atom is 0.365 e. The van der Waals surface area contributed by atoms with Gasteiger partial charge in [0.15, 0.2) is 0 Å². The standard InChI is InChI=1S/C10H6BrN3O3/c11-9-8(14(15)16)10-13(12-9)5-6-3-1-2-4-7(6)17-10/h1-4H,5H2. The van der Waals surface area contributed by atoms with E-state index in [1.54, 1.807) is 6.07 Å². The Morgan fingerprint density at radius 2 is 2.24 bits per heavy atom. The van der Waals surface area contributed by atoms with Crippen molar-refractivity contribution in [2.24, 2.45) is 0 Å². The van der Waals surface area contributed by atoms with Crippen LogP contribution in [-0.2, 0) is 6.54 Å². The summed E-state index contributed by atoms with van der Waals surface area (Å²) in [7, 11) is 0. The zero-order chi connectivity index (χ0) is 12.0. The topological polar surface area (TPSA) is 70.2 Å². The molecule has 0 radical (unpaired) electrons. The van der Waals surface area contributed by atoms with Crippen LogP contribution in [0.5, 0.6) is 11.6 Å². The van der Waals surface area contributed by atoms with E-state index >= 15 is 0 Å². The molecule has 0 bridgehead atoms. The minimum atomic E-state index is -0.503. The SMILES string of the molecule is O=[N+]([O-])c1c(Br)nn2c1Oc1ccccc1C2. The van der Waals surface area contributed by atoms with Crippen molar-refractivity contribution in [2.45, 2.75) is 6.54 Å². The van der Waals surface area contributed by atoms with Gasteiger partial charge in [0.2, 0.25) is 4.60 Å². The number of fused-ring (bicyclic) bond motifs is 2. The van der Waals surface area contributed by atoms with Crippen LogP contribution in [0.25, 0.3) is 0 Å². The van der Waals surface area contributed by atoms with Gasteiger partial charge in [0.1, 0.15) is 5.75 Å². The molecule has 0 N–H and O–H groups in total. The normalized spacial score (nSPS) is 12.5. The molecule has 0 atom stereocenters. The lowest BCUT2D eigenvalue weighted by atomic mass is 10.2. The first-order valence-electron chi connectivity index (χ1n) is 4.83. The van der Waals surface area contributed by atoms with Crippen LogP contribution in [0.1, 0.15) is 5.56 Å². The molecular formula is C10H6BrN3O3. The fraction of sp³-hybridized carbons (Fsp3) is 0.100. The molecule has 6 nitrogen and oxygen atoms in total. The number of rotatable bonds is 1. The summed E-state index contributed by atoms with van der Waals surface area (Å²) in [5.74, 6) is 0.802. The molecule has 1 aromatic carbocycles. The molecule has 1 aromatic heterocycles. The Hall–Kier alpha value is -1.89. The Balaban J connectivity index is 2.15. The second-order valence-corrected chi connectivity index (χ2v) is 4.32. The Morgan fingerprint density at radius 3 is 3.00 bits per heavy atom. The first kappa shape index (κ1) is 10.3. The van der Waals surface area contributed by atoms with Crippen molar-refractivity contribution < 1.29 is 9.66 Å². The summed E-state index contributed by atoms with van der Waals surface area (Å²) in [6, 6.07) is 7.40. The molecule has 1 aliphatic rings. The largest absolute Gasteiger partial charge is 0.433 e. The minimum Gasteiger partial charge on any atom is -0.433 e. The third-order valence-electron chi connectivity index (χ3n) is 2.52. The minimum absolute atomic E-state index is 0.139. The van der Waals surface area contributed by atoms with E-state index < -0.39 is 4.92 Å². The van der Waals surface area contributed by atoms with E-state index in [0.717, 1.165) is 5.56 Å².